The summed E-state index contributed by atoms with van der Waals surface area (Å²) in [5.74, 6) is 0. The highest BCUT2D eigenvalue weighted by Gasteiger charge is 2.40. The van der Waals surface area contributed by atoms with Gasteiger partial charge >= 0.3 is 0 Å². The molecule has 0 atom stereocenters. The summed E-state index contributed by atoms with van der Waals surface area (Å²) < 4.78 is 2.72. The molecule has 3 aliphatic heterocycles. The molecule has 1 saturated carbocycles. The van der Waals surface area contributed by atoms with E-state index in [0.29, 0.717) is 0 Å². The lowest BCUT2D eigenvalue weighted by Gasteiger charge is -2.27. The average Bonchev–Trinajstić information content (AvgIpc) is 3.37. The van der Waals surface area contributed by atoms with E-state index in [1.54, 1.807) is 0 Å². The minimum Gasteiger partial charge on any atom is -0.344 e. The zero-order valence-corrected chi connectivity index (χ0v) is 26.8. The van der Waals surface area contributed by atoms with Gasteiger partial charge in [-0.1, -0.05) is 76.2 Å². The maximum absolute atomic E-state index is 2.72. The minimum atomic E-state index is -0.000617. The van der Waals surface area contributed by atoms with E-state index in [0.717, 1.165) is 25.9 Å². The molecular formula is C39H50N3+. The summed E-state index contributed by atoms with van der Waals surface area (Å²) in [4.78, 5) is 5.05. The molecule has 2 aromatic rings. The lowest BCUT2D eigenvalue weighted by Crippen LogP contribution is -2.31. The van der Waals surface area contributed by atoms with Crippen molar-refractivity contribution in [2.24, 2.45) is 0 Å². The SMILES string of the molecule is CCN1/C(=C\C=C2\CCC/C(=C\C=C3\N(CC)c4ccccc4C3(C)C)C2=[N+]2CCCCC2)C(C)(C)c2ccccc21. The van der Waals surface area contributed by atoms with E-state index in [2.05, 4.69) is 129 Å². The molecule has 2 aromatic carbocycles. The second-order valence-corrected chi connectivity index (χ2v) is 13.5. The predicted octanol–water partition coefficient (Wildman–Crippen LogP) is 9.06. The van der Waals surface area contributed by atoms with Gasteiger partial charge < -0.3 is 9.80 Å². The van der Waals surface area contributed by atoms with Crippen LogP contribution in [0.5, 0.6) is 0 Å². The molecule has 3 nitrogen and oxygen atoms in total. The highest BCUT2D eigenvalue weighted by atomic mass is 15.2. The number of fused-ring (bicyclic) bond motifs is 2. The van der Waals surface area contributed by atoms with Crippen LogP contribution in [0.2, 0.25) is 0 Å². The third-order valence-electron chi connectivity index (χ3n) is 10.3. The molecule has 3 heteroatoms. The molecule has 1 saturated heterocycles. The van der Waals surface area contributed by atoms with Crippen LogP contribution >= 0.6 is 0 Å². The molecule has 220 valence electrons. The molecule has 1 aliphatic carbocycles. The summed E-state index contributed by atoms with van der Waals surface area (Å²) in [6, 6.07) is 17.9. The van der Waals surface area contributed by atoms with Gasteiger partial charge in [0.1, 0.15) is 13.1 Å². The Labute approximate surface area is 254 Å². The molecule has 0 aromatic heterocycles. The lowest BCUT2D eigenvalue weighted by atomic mass is 9.82. The van der Waals surface area contributed by atoms with Gasteiger partial charge in [0.25, 0.3) is 0 Å². The molecule has 3 heterocycles. The van der Waals surface area contributed by atoms with Crippen LogP contribution in [0.15, 0.2) is 95.4 Å². The summed E-state index contributed by atoms with van der Waals surface area (Å²) in [5.41, 5.74) is 13.0. The van der Waals surface area contributed by atoms with Gasteiger partial charge in [-0.3, -0.25) is 0 Å². The zero-order valence-electron chi connectivity index (χ0n) is 26.8. The van der Waals surface area contributed by atoms with Crippen molar-refractivity contribution in [3.05, 3.63) is 107 Å². The fourth-order valence-corrected chi connectivity index (χ4v) is 8.08. The Morgan fingerprint density at radius 1 is 0.619 bits per heavy atom. The third-order valence-corrected chi connectivity index (χ3v) is 10.3. The number of allylic oxidation sites excluding steroid dienone is 8. The highest BCUT2D eigenvalue weighted by molar-refractivity contribution is 6.10. The van der Waals surface area contributed by atoms with Crippen LogP contribution < -0.4 is 9.80 Å². The second kappa shape index (κ2) is 11.4. The van der Waals surface area contributed by atoms with Crippen molar-refractivity contribution in [1.82, 2.24) is 0 Å². The fourth-order valence-electron chi connectivity index (χ4n) is 8.08. The number of rotatable bonds is 4. The highest BCUT2D eigenvalue weighted by Crippen LogP contribution is 2.48. The summed E-state index contributed by atoms with van der Waals surface area (Å²) in [7, 11) is 0. The monoisotopic (exact) mass is 560 g/mol. The quantitative estimate of drug-likeness (QED) is 0.345. The first-order valence-corrected chi connectivity index (χ1v) is 16.5. The molecule has 0 unspecified atom stereocenters. The standard InChI is InChI=1S/C39H50N3/c1-7-41-33-21-12-10-19-31(33)38(3,4)35(41)25-23-29-17-16-18-30(37(29)40-27-14-9-15-28-40)24-26-36-39(5,6)32-20-11-13-22-34(32)42(36)8-2/h10-13,19-26H,7-9,14-18,27-28H2,1-6H3/q+1. The first-order chi connectivity index (χ1) is 20.3. The molecule has 0 amide bonds. The van der Waals surface area contributed by atoms with E-state index in [-0.39, 0.29) is 10.8 Å². The summed E-state index contributed by atoms with van der Waals surface area (Å²) in [6.07, 6.45) is 17.4. The van der Waals surface area contributed by atoms with Gasteiger partial charge in [-0.15, -0.1) is 0 Å². The van der Waals surface area contributed by atoms with Gasteiger partial charge in [0.05, 0.1) is 0 Å². The maximum atomic E-state index is 2.72. The number of nitrogens with zero attached hydrogens (tertiary/aromatic N) is 3. The largest absolute Gasteiger partial charge is 0.344 e. The van der Waals surface area contributed by atoms with Crippen molar-refractivity contribution in [1.29, 1.82) is 0 Å². The number of para-hydroxylation sites is 2. The van der Waals surface area contributed by atoms with E-state index >= 15 is 0 Å². The van der Waals surface area contributed by atoms with Crippen molar-refractivity contribution in [2.75, 3.05) is 36.0 Å². The number of benzene rings is 2. The minimum absolute atomic E-state index is 0.000617. The van der Waals surface area contributed by atoms with E-state index in [1.807, 2.05) is 0 Å². The Bertz CT molecular complexity index is 1400. The van der Waals surface area contributed by atoms with Crippen molar-refractivity contribution < 1.29 is 4.58 Å². The van der Waals surface area contributed by atoms with Gasteiger partial charge in [0.15, 0.2) is 0 Å². The summed E-state index contributed by atoms with van der Waals surface area (Å²) in [6.45, 7) is 18.4. The molecule has 6 rings (SSSR count). The number of piperidine rings is 1. The van der Waals surface area contributed by atoms with Crippen LogP contribution in [0.3, 0.4) is 0 Å². The lowest BCUT2D eigenvalue weighted by molar-refractivity contribution is -0.536. The van der Waals surface area contributed by atoms with Crippen molar-refractivity contribution >= 4 is 17.1 Å². The topological polar surface area (TPSA) is 9.49 Å². The van der Waals surface area contributed by atoms with Gasteiger partial charge in [0.2, 0.25) is 5.71 Å². The third kappa shape index (κ3) is 4.79. The van der Waals surface area contributed by atoms with Crippen LogP contribution in [-0.2, 0) is 10.8 Å². The van der Waals surface area contributed by atoms with E-state index in [1.165, 1.54) is 89.5 Å². The zero-order chi connectivity index (χ0) is 29.5. The Kier molecular flexibility index (Phi) is 7.81. The Morgan fingerprint density at radius 3 is 1.52 bits per heavy atom. The van der Waals surface area contributed by atoms with E-state index < -0.39 is 0 Å². The van der Waals surface area contributed by atoms with E-state index in [9.17, 15) is 0 Å². The average molecular weight is 561 g/mol. The van der Waals surface area contributed by atoms with Gasteiger partial charge in [0, 0.05) is 70.7 Å². The number of hydrogen-bond donors (Lipinski definition) is 0. The first-order valence-electron chi connectivity index (χ1n) is 16.5. The van der Waals surface area contributed by atoms with Crippen LogP contribution in [0, 0.1) is 0 Å². The second-order valence-electron chi connectivity index (χ2n) is 13.5. The maximum Gasteiger partial charge on any atom is 0.206 e. The van der Waals surface area contributed by atoms with Gasteiger partial charge in [-0.05, 0) is 74.9 Å². The molecule has 42 heavy (non-hydrogen) atoms. The van der Waals surface area contributed by atoms with Gasteiger partial charge in [-0.25, -0.2) is 4.58 Å². The molecule has 0 spiro atoms. The fraction of sp³-hybridized carbons (Fsp3) is 0.462. The Hall–Kier alpha value is -3.33. The summed E-state index contributed by atoms with van der Waals surface area (Å²) >= 11 is 0. The predicted molar refractivity (Wildman–Crippen MR) is 180 cm³/mol. The molecule has 2 fully saturated rings. The van der Waals surface area contributed by atoms with Crippen LogP contribution in [0.4, 0.5) is 11.4 Å². The normalized spacial score (nSPS) is 25.2. The van der Waals surface area contributed by atoms with Crippen LogP contribution in [-0.4, -0.2) is 36.5 Å². The van der Waals surface area contributed by atoms with Gasteiger partial charge in [-0.2, -0.15) is 0 Å². The first kappa shape index (κ1) is 28.8. The molecule has 0 radical (unpaired) electrons. The van der Waals surface area contributed by atoms with E-state index in [4.69, 9.17) is 0 Å². The molecular weight excluding hydrogens is 510 g/mol. The van der Waals surface area contributed by atoms with Crippen LogP contribution in [0.1, 0.15) is 91.2 Å². The van der Waals surface area contributed by atoms with Crippen molar-refractivity contribution in [3.8, 4) is 0 Å². The molecule has 0 bridgehead atoms. The van der Waals surface area contributed by atoms with Crippen LogP contribution in [0.25, 0.3) is 0 Å². The Morgan fingerprint density at radius 2 is 1.07 bits per heavy atom. The molecule has 0 N–H and O–H groups in total. The smallest absolute Gasteiger partial charge is 0.206 e. The summed E-state index contributed by atoms with van der Waals surface area (Å²) in [5, 5.41) is 0. The number of hydrogen-bond acceptors (Lipinski definition) is 2. The number of likely N-dealkylation sites (N-methyl/N-ethyl adjacent to an activating group) is 2. The molecule has 4 aliphatic rings. The Balaban J connectivity index is 1.42. The number of anilines is 2. The van der Waals surface area contributed by atoms with Crippen molar-refractivity contribution in [3.63, 3.8) is 0 Å². The van der Waals surface area contributed by atoms with Crippen molar-refractivity contribution in [2.45, 2.75) is 90.9 Å².